The highest BCUT2D eigenvalue weighted by Crippen LogP contribution is 2.43. The number of hydrogen-bond acceptors (Lipinski definition) is 4. The van der Waals surface area contributed by atoms with Crippen molar-refractivity contribution in [2.75, 3.05) is 0 Å². The first-order chi connectivity index (χ1) is 12.8. The lowest BCUT2D eigenvalue weighted by Crippen LogP contribution is -2.49. The maximum Gasteiger partial charge on any atom is 0.245 e. The number of fused-ring (bicyclic) bond motifs is 2. The first-order valence-corrected chi connectivity index (χ1v) is 12.3. The zero-order chi connectivity index (χ0) is 19.2. The SMILES string of the molecule is O=S(=O)(c1ccccc1)C1C[C@H]2CC[C@H](C1)N2S(=O)(=O)c1ccccc1Cl. The fourth-order valence-corrected chi connectivity index (χ4v) is 8.56. The summed E-state index contributed by atoms with van der Waals surface area (Å²) >= 11 is 6.12. The molecule has 2 atom stereocenters. The van der Waals surface area contributed by atoms with E-state index >= 15 is 0 Å². The second-order valence-corrected chi connectivity index (χ2v) is 11.5. The maximum absolute atomic E-state index is 13.2. The molecule has 2 saturated heterocycles. The van der Waals surface area contributed by atoms with Crippen LogP contribution in [0.3, 0.4) is 0 Å². The first kappa shape index (κ1) is 18.9. The van der Waals surface area contributed by atoms with Gasteiger partial charge in [-0.15, -0.1) is 0 Å². The van der Waals surface area contributed by atoms with Crippen molar-refractivity contribution in [1.29, 1.82) is 0 Å². The zero-order valence-corrected chi connectivity index (χ0v) is 16.9. The van der Waals surface area contributed by atoms with Crippen molar-refractivity contribution >= 4 is 31.5 Å². The molecule has 0 aromatic heterocycles. The lowest BCUT2D eigenvalue weighted by Gasteiger charge is -2.37. The normalized spacial score (nSPS) is 26.2. The summed E-state index contributed by atoms with van der Waals surface area (Å²) in [6.45, 7) is 0. The van der Waals surface area contributed by atoms with Gasteiger partial charge in [-0.2, -0.15) is 4.31 Å². The summed E-state index contributed by atoms with van der Waals surface area (Å²) in [5.41, 5.74) is 0. The maximum atomic E-state index is 13.2. The minimum absolute atomic E-state index is 0.0907. The highest BCUT2D eigenvalue weighted by molar-refractivity contribution is 7.92. The van der Waals surface area contributed by atoms with E-state index in [1.807, 2.05) is 0 Å². The Kier molecular flexibility index (Phi) is 4.83. The van der Waals surface area contributed by atoms with Gasteiger partial charge in [-0.1, -0.05) is 41.9 Å². The highest BCUT2D eigenvalue weighted by atomic mass is 35.5. The number of sulfone groups is 1. The van der Waals surface area contributed by atoms with Crippen molar-refractivity contribution < 1.29 is 16.8 Å². The summed E-state index contributed by atoms with van der Waals surface area (Å²) in [5, 5.41) is -0.369. The third kappa shape index (κ3) is 3.20. The van der Waals surface area contributed by atoms with Crippen molar-refractivity contribution in [3.8, 4) is 0 Å². The van der Waals surface area contributed by atoms with Gasteiger partial charge in [0.2, 0.25) is 10.0 Å². The summed E-state index contributed by atoms with van der Waals surface area (Å²) in [6.07, 6.45) is 1.99. The van der Waals surface area contributed by atoms with Gasteiger partial charge in [0.15, 0.2) is 9.84 Å². The molecule has 2 aromatic carbocycles. The second-order valence-electron chi connectivity index (χ2n) is 7.10. The number of nitrogens with zero attached hydrogens (tertiary/aromatic N) is 1. The molecule has 0 unspecified atom stereocenters. The number of rotatable bonds is 4. The monoisotopic (exact) mass is 425 g/mol. The molecular weight excluding hydrogens is 406 g/mol. The fourth-order valence-electron chi connectivity index (χ4n) is 4.30. The molecule has 2 aromatic rings. The Hall–Kier alpha value is -1.41. The van der Waals surface area contributed by atoms with Crippen molar-refractivity contribution in [3.05, 3.63) is 59.6 Å². The van der Waals surface area contributed by atoms with E-state index in [1.54, 1.807) is 48.5 Å². The van der Waals surface area contributed by atoms with Gasteiger partial charge in [0.05, 0.1) is 15.2 Å². The van der Waals surface area contributed by atoms with Gasteiger partial charge in [-0.05, 0) is 49.9 Å². The zero-order valence-electron chi connectivity index (χ0n) is 14.5. The van der Waals surface area contributed by atoms with Crippen LogP contribution in [0.1, 0.15) is 25.7 Å². The molecule has 0 N–H and O–H groups in total. The summed E-state index contributed by atoms with van der Waals surface area (Å²) in [6, 6.07) is 14.2. The van der Waals surface area contributed by atoms with E-state index in [4.69, 9.17) is 11.6 Å². The molecule has 4 rings (SSSR count). The minimum atomic E-state index is -3.76. The van der Waals surface area contributed by atoms with Crippen LogP contribution < -0.4 is 0 Å². The standard InChI is InChI=1S/C19H20ClNO4S2/c20-18-8-4-5-9-19(18)27(24,25)21-14-10-11-15(21)13-17(12-14)26(22,23)16-6-2-1-3-7-16/h1-9,14-15,17H,10-13H2/t14-,15-/m1/s1. The predicted molar refractivity (Wildman–Crippen MR) is 104 cm³/mol. The van der Waals surface area contributed by atoms with E-state index in [-0.39, 0.29) is 22.0 Å². The number of benzene rings is 2. The van der Waals surface area contributed by atoms with Gasteiger partial charge in [0.25, 0.3) is 0 Å². The van der Waals surface area contributed by atoms with Crippen LogP contribution in [0.4, 0.5) is 0 Å². The lowest BCUT2D eigenvalue weighted by atomic mass is 10.1. The van der Waals surface area contributed by atoms with E-state index in [2.05, 4.69) is 0 Å². The molecule has 2 heterocycles. The molecule has 0 radical (unpaired) electrons. The molecule has 5 nitrogen and oxygen atoms in total. The Morgan fingerprint density at radius 1 is 0.815 bits per heavy atom. The minimum Gasteiger partial charge on any atom is -0.223 e. The van der Waals surface area contributed by atoms with E-state index in [0.29, 0.717) is 30.6 Å². The van der Waals surface area contributed by atoms with Crippen LogP contribution in [0.2, 0.25) is 5.02 Å². The molecule has 0 saturated carbocycles. The largest absolute Gasteiger partial charge is 0.245 e. The average molecular weight is 426 g/mol. The predicted octanol–water partition coefficient (Wildman–Crippen LogP) is 3.50. The van der Waals surface area contributed by atoms with Crippen molar-refractivity contribution in [3.63, 3.8) is 0 Å². The second kappa shape index (κ2) is 6.88. The van der Waals surface area contributed by atoms with Crippen LogP contribution in [0, 0.1) is 0 Å². The molecule has 2 aliphatic heterocycles. The molecule has 0 amide bonds. The molecule has 27 heavy (non-hydrogen) atoms. The Morgan fingerprint density at radius 2 is 1.37 bits per heavy atom. The molecule has 144 valence electrons. The first-order valence-electron chi connectivity index (χ1n) is 8.89. The van der Waals surface area contributed by atoms with Gasteiger partial charge in [0.1, 0.15) is 4.90 Å². The number of halogens is 1. The molecule has 2 bridgehead atoms. The average Bonchev–Trinajstić information content (AvgIpc) is 2.94. The topological polar surface area (TPSA) is 71.5 Å². The lowest BCUT2D eigenvalue weighted by molar-refractivity contribution is 0.249. The van der Waals surface area contributed by atoms with Crippen molar-refractivity contribution in [2.24, 2.45) is 0 Å². The Labute approximate surface area is 164 Å². The fraction of sp³-hybridized carbons (Fsp3) is 0.368. The summed E-state index contributed by atoms with van der Waals surface area (Å²) in [7, 11) is -7.23. The van der Waals surface area contributed by atoms with Gasteiger partial charge in [-0.25, -0.2) is 16.8 Å². The summed E-state index contributed by atoms with van der Waals surface area (Å²) in [4.78, 5) is 0.393. The van der Waals surface area contributed by atoms with Crippen molar-refractivity contribution in [2.45, 2.75) is 52.8 Å². The van der Waals surface area contributed by atoms with Gasteiger partial charge >= 0.3 is 0 Å². The van der Waals surface area contributed by atoms with E-state index < -0.39 is 25.1 Å². The molecule has 8 heteroatoms. The molecular formula is C19H20ClNO4S2. The Morgan fingerprint density at radius 3 is 1.96 bits per heavy atom. The van der Waals surface area contributed by atoms with Crippen molar-refractivity contribution in [1.82, 2.24) is 4.31 Å². The van der Waals surface area contributed by atoms with E-state index in [9.17, 15) is 16.8 Å². The van der Waals surface area contributed by atoms with E-state index in [1.165, 1.54) is 10.4 Å². The van der Waals surface area contributed by atoms with Crippen LogP contribution in [0.25, 0.3) is 0 Å². The third-order valence-electron chi connectivity index (χ3n) is 5.53. The molecule has 0 aliphatic carbocycles. The number of piperidine rings is 1. The van der Waals surface area contributed by atoms with Gasteiger partial charge in [0, 0.05) is 12.1 Å². The Bertz CT molecular complexity index is 1040. The van der Waals surface area contributed by atoms with Gasteiger partial charge in [-0.3, -0.25) is 0 Å². The summed E-state index contributed by atoms with van der Waals surface area (Å²) < 4.78 is 53.9. The van der Waals surface area contributed by atoms with Gasteiger partial charge < -0.3 is 0 Å². The molecule has 2 aliphatic rings. The van der Waals surface area contributed by atoms with Crippen LogP contribution in [0.5, 0.6) is 0 Å². The smallest absolute Gasteiger partial charge is 0.223 e. The van der Waals surface area contributed by atoms with Crippen LogP contribution in [-0.2, 0) is 19.9 Å². The van der Waals surface area contributed by atoms with Crippen LogP contribution in [0.15, 0.2) is 64.4 Å². The molecule has 0 spiro atoms. The van der Waals surface area contributed by atoms with E-state index in [0.717, 1.165) is 0 Å². The highest BCUT2D eigenvalue weighted by Gasteiger charge is 2.50. The number of hydrogen-bond donors (Lipinski definition) is 0. The quantitative estimate of drug-likeness (QED) is 0.751. The molecule has 2 fully saturated rings. The Balaban J connectivity index is 1.65. The van der Waals surface area contributed by atoms with Crippen LogP contribution >= 0.6 is 11.6 Å². The van der Waals surface area contributed by atoms with Crippen LogP contribution in [-0.4, -0.2) is 38.5 Å². The number of sulfonamides is 1. The third-order valence-corrected chi connectivity index (χ3v) is 10.2. The summed E-state index contributed by atoms with van der Waals surface area (Å²) in [5.74, 6) is 0.